The van der Waals surface area contributed by atoms with Gasteiger partial charge in [0.1, 0.15) is 5.75 Å². The molecule has 0 unspecified atom stereocenters. The van der Waals surface area contributed by atoms with Crippen molar-refractivity contribution >= 4 is 5.78 Å². The minimum absolute atomic E-state index is 0.0289. The van der Waals surface area contributed by atoms with Gasteiger partial charge in [0.25, 0.3) is 0 Å². The smallest absolute Gasteiger partial charge is 0.159 e. The van der Waals surface area contributed by atoms with E-state index >= 15 is 0 Å². The first-order valence-corrected chi connectivity index (χ1v) is 6.88. The van der Waals surface area contributed by atoms with E-state index in [1.54, 1.807) is 25.1 Å². The number of hydrogen-bond donors (Lipinski definition) is 1. The molecule has 106 valence electrons. The van der Waals surface area contributed by atoms with E-state index in [1.165, 1.54) is 0 Å². The van der Waals surface area contributed by atoms with E-state index in [9.17, 15) is 9.90 Å². The minimum atomic E-state index is 0.0289. The Morgan fingerprint density at radius 2 is 1.89 bits per heavy atom. The monoisotopic (exact) mass is 263 g/mol. The van der Waals surface area contributed by atoms with Crippen molar-refractivity contribution in [1.82, 2.24) is 4.90 Å². The van der Waals surface area contributed by atoms with E-state index in [4.69, 9.17) is 0 Å². The summed E-state index contributed by atoms with van der Waals surface area (Å²) < 4.78 is 0. The van der Waals surface area contributed by atoms with Crippen LogP contribution in [0.1, 0.15) is 50.5 Å². The summed E-state index contributed by atoms with van der Waals surface area (Å²) in [4.78, 5) is 13.7. The largest absolute Gasteiger partial charge is 0.508 e. The highest BCUT2D eigenvalue weighted by Gasteiger charge is 2.15. The van der Waals surface area contributed by atoms with Crippen LogP contribution in [-0.2, 0) is 6.54 Å². The second kappa shape index (κ2) is 6.71. The van der Waals surface area contributed by atoms with Crippen LogP contribution in [0.5, 0.6) is 5.75 Å². The summed E-state index contributed by atoms with van der Waals surface area (Å²) in [5.74, 6) is 0.862. The predicted molar refractivity (Wildman–Crippen MR) is 78.5 cm³/mol. The van der Waals surface area contributed by atoms with Gasteiger partial charge in [0.15, 0.2) is 5.78 Å². The third-order valence-corrected chi connectivity index (χ3v) is 3.19. The lowest BCUT2D eigenvalue weighted by atomic mass is 10.1. The topological polar surface area (TPSA) is 40.5 Å². The number of benzene rings is 1. The molecular weight excluding hydrogens is 238 g/mol. The minimum Gasteiger partial charge on any atom is -0.508 e. The first-order valence-electron chi connectivity index (χ1n) is 6.88. The molecule has 0 saturated carbocycles. The summed E-state index contributed by atoms with van der Waals surface area (Å²) in [6.45, 7) is 11.8. The summed E-state index contributed by atoms with van der Waals surface area (Å²) in [5.41, 5.74) is 1.48. The Balaban J connectivity index is 2.95. The number of aromatic hydroxyl groups is 1. The Kier molecular flexibility index (Phi) is 5.55. The molecule has 0 bridgehead atoms. The van der Waals surface area contributed by atoms with Crippen LogP contribution in [0, 0.1) is 5.92 Å². The predicted octanol–water partition coefficient (Wildman–Crippen LogP) is 3.46. The number of nitrogens with zero attached hydrogens (tertiary/aromatic N) is 1. The van der Waals surface area contributed by atoms with Gasteiger partial charge in [-0.15, -0.1) is 0 Å². The van der Waals surface area contributed by atoms with Crippen LogP contribution in [0.25, 0.3) is 0 Å². The Morgan fingerprint density at radius 1 is 1.26 bits per heavy atom. The Morgan fingerprint density at radius 3 is 2.37 bits per heavy atom. The van der Waals surface area contributed by atoms with Gasteiger partial charge >= 0.3 is 0 Å². The molecule has 1 aromatic rings. The molecule has 0 spiro atoms. The van der Waals surface area contributed by atoms with Crippen LogP contribution in [-0.4, -0.2) is 28.4 Å². The molecule has 0 amide bonds. The number of phenols is 1. The third-order valence-electron chi connectivity index (χ3n) is 3.19. The molecule has 3 heteroatoms. The van der Waals surface area contributed by atoms with Crippen LogP contribution in [0.2, 0.25) is 0 Å². The van der Waals surface area contributed by atoms with Gasteiger partial charge in [-0.05, 0) is 44.9 Å². The van der Waals surface area contributed by atoms with Crippen molar-refractivity contribution in [3.05, 3.63) is 29.3 Å². The van der Waals surface area contributed by atoms with E-state index in [0.29, 0.717) is 24.1 Å². The summed E-state index contributed by atoms with van der Waals surface area (Å²) in [5, 5.41) is 9.94. The fourth-order valence-corrected chi connectivity index (χ4v) is 2.08. The number of phenolic OH excluding ortho intramolecular Hbond substituents is 1. The van der Waals surface area contributed by atoms with Crippen molar-refractivity contribution < 1.29 is 9.90 Å². The number of carbonyl (C=O) groups is 1. The summed E-state index contributed by atoms with van der Waals surface area (Å²) in [6.07, 6.45) is 0. The number of ketones is 1. The van der Waals surface area contributed by atoms with E-state index in [-0.39, 0.29) is 11.5 Å². The van der Waals surface area contributed by atoms with Crippen molar-refractivity contribution in [2.75, 3.05) is 6.54 Å². The highest BCUT2D eigenvalue weighted by molar-refractivity contribution is 5.94. The molecule has 0 aromatic heterocycles. The van der Waals surface area contributed by atoms with Crippen LogP contribution < -0.4 is 0 Å². The number of Topliss-reactive ketones (excluding diaryl/α,β-unsaturated/α-hetero) is 1. The fraction of sp³-hybridized carbons (Fsp3) is 0.562. The molecule has 1 rings (SSSR count). The van der Waals surface area contributed by atoms with E-state index in [0.717, 1.165) is 12.1 Å². The number of carbonyl (C=O) groups excluding carboxylic acids is 1. The van der Waals surface area contributed by atoms with E-state index in [2.05, 4.69) is 32.6 Å². The second-order valence-electron chi connectivity index (χ2n) is 5.82. The molecule has 0 atom stereocenters. The molecule has 19 heavy (non-hydrogen) atoms. The van der Waals surface area contributed by atoms with Gasteiger partial charge < -0.3 is 5.11 Å². The molecule has 0 aliphatic carbocycles. The first kappa shape index (κ1) is 15.7. The quantitative estimate of drug-likeness (QED) is 0.799. The van der Waals surface area contributed by atoms with Crippen molar-refractivity contribution in [1.29, 1.82) is 0 Å². The molecule has 0 heterocycles. The summed E-state index contributed by atoms with van der Waals surface area (Å²) in [7, 11) is 0. The third kappa shape index (κ3) is 4.67. The number of rotatable bonds is 6. The highest BCUT2D eigenvalue weighted by Crippen LogP contribution is 2.22. The van der Waals surface area contributed by atoms with Crippen LogP contribution in [0.3, 0.4) is 0 Å². The van der Waals surface area contributed by atoms with Gasteiger partial charge in [0, 0.05) is 30.3 Å². The lowest BCUT2D eigenvalue weighted by Crippen LogP contribution is -2.33. The molecule has 1 N–H and O–H groups in total. The summed E-state index contributed by atoms with van der Waals surface area (Å²) >= 11 is 0. The Labute approximate surface area is 116 Å². The van der Waals surface area contributed by atoms with Gasteiger partial charge in [-0.1, -0.05) is 13.8 Å². The fourth-order valence-electron chi connectivity index (χ4n) is 2.08. The van der Waals surface area contributed by atoms with Gasteiger partial charge in [-0.2, -0.15) is 0 Å². The molecule has 1 aromatic carbocycles. The summed E-state index contributed by atoms with van der Waals surface area (Å²) in [6, 6.07) is 5.49. The average Bonchev–Trinajstić information content (AvgIpc) is 2.29. The maximum Gasteiger partial charge on any atom is 0.159 e. The zero-order valence-electron chi connectivity index (χ0n) is 12.6. The number of hydrogen-bond acceptors (Lipinski definition) is 3. The van der Waals surface area contributed by atoms with E-state index < -0.39 is 0 Å². The zero-order chi connectivity index (χ0) is 14.6. The van der Waals surface area contributed by atoms with Gasteiger partial charge in [0.05, 0.1) is 0 Å². The van der Waals surface area contributed by atoms with Gasteiger partial charge in [0.2, 0.25) is 0 Å². The highest BCUT2D eigenvalue weighted by atomic mass is 16.3. The Hall–Kier alpha value is -1.35. The molecule has 0 saturated heterocycles. The van der Waals surface area contributed by atoms with Crippen LogP contribution in [0.15, 0.2) is 18.2 Å². The van der Waals surface area contributed by atoms with Crippen LogP contribution >= 0.6 is 0 Å². The van der Waals surface area contributed by atoms with Gasteiger partial charge in [-0.25, -0.2) is 0 Å². The van der Waals surface area contributed by atoms with Crippen LogP contribution in [0.4, 0.5) is 0 Å². The maximum atomic E-state index is 11.4. The second-order valence-corrected chi connectivity index (χ2v) is 5.82. The van der Waals surface area contributed by atoms with Crippen molar-refractivity contribution in [2.45, 2.75) is 47.2 Å². The zero-order valence-corrected chi connectivity index (χ0v) is 12.6. The van der Waals surface area contributed by atoms with Gasteiger partial charge in [-0.3, -0.25) is 9.69 Å². The van der Waals surface area contributed by atoms with E-state index in [1.807, 2.05) is 0 Å². The molecule has 0 fully saturated rings. The molecule has 0 aliphatic rings. The molecule has 3 nitrogen and oxygen atoms in total. The first-order chi connectivity index (χ1) is 8.81. The SMILES string of the molecule is CC(=O)c1ccc(O)c(CN(CC(C)C)C(C)C)c1. The lowest BCUT2D eigenvalue weighted by Gasteiger charge is -2.28. The molecule has 0 radical (unpaired) electrons. The standard InChI is InChI=1S/C16H25NO2/c1-11(2)9-17(12(3)4)10-15-8-14(13(5)18)6-7-16(15)19/h6-8,11-12,19H,9-10H2,1-5H3. The Bertz CT molecular complexity index is 438. The van der Waals surface area contributed by atoms with Crippen molar-refractivity contribution in [3.8, 4) is 5.75 Å². The maximum absolute atomic E-state index is 11.4. The normalized spacial score (nSPS) is 11.6. The lowest BCUT2D eigenvalue weighted by molar-refractivity contribution is 0.101. The molecular formula is C16H25NO2. The molecule has 0 aliphatic heterocycles. The average molecular weight is 263 g/mol. The van der Waals surface area contributed by atoms with Crippen molar-refractivity contribution in [3.63, 3.8) is 0 Å². The van der Waals surface area contributed by atoms with Crippen molar-refractivity contribution in [2.24, 2.45) is 5.92 Å².